The average Bonchev–Trinajstić information content (AvgIpc) is 3.08. The molecule has 2 aromatic heterocycles. The quantitative estimate of drug-likeness (QED) is 0.560. The Balaban J connectivity index is 1.55. The normalized spacial score (nSPS) is 15.7. The number of aromatic nitrogens is 3. The minimum atomic E-state index is -3.68. The van der Waals surface area contributed by atoms with Crippen LogP contribution in [0.4, 0.5) is 5.82 Å². The van der Waals surface area contributed by atoms with Crippen molar-refractivity contribution in [2.24, 2.45) is 11.1 Å². The molecule has 3 aromatic rings. The highest BCUT2D eigenvalue weighted by atomic mass is 79.9. The fourth-order valence-corrected chi connectivity index (χ4v) is 4.76. The van der Waals surface area contributed by atoms with Crippen molar-refractivity contribution in [1.82, 2.24) is 14.6 Å². The number of anilines is 1. The van der Waals surface area contributed by atoms with Gasteiger partial charge in [-0.15, -0.1) is 0 Å². The number of rotatable bonds is 6. The van der Waals surface area contributed by atoms with E-state index in [-0.39, 0.29) is 4.90 Å². The largest absolute Gasteiger partial charge is 0.366 e. The molecule has 3 N–H and O–H groups in total. The van der Waals surface area contributed by atoms with Gasteiger partial charge in [0.25, 0.3) is 0 Å². The summed E-state index contributed by atoms with van der Waals surface area (Å²) in [7, 11) is -3.68. The number of nitrogens with two attached hydrogens (primary N) is 1. The summed E-state index contributed by atoms with van der Waals surface area (Å²) in [5, 5.41) is 13.0. The lowest BCUT2D eigenvalue weighted by Gasteiger charge is -2.21. The van der Waals surface area contributed by atoms with Crippen LogP contribution in [0, 0.1) is 5.92 Å². The van der Waals surface area contributed by atoms with Crippen molar-refractivity contribution in [1.29, 1.82) is 0 Å². The van der Waals surface area contributed by atoms with Crippen molar-refractivity contribution in [3.05, 3.63) is 52.3 Å². The maximum absolute atomic E-state index is 11.4. The third-order valence-electron chi connectivity index (χ3n) is 5.43. The Morgan fingerprint density at radius 1 is 1.17 bits per heavy atom. The van der Waals surface area contributed by atoms with Crippen LogP contribution in [0.5, 0.6) is 0 Å². The average molecular weight is 478 g/mol. The third kappa shape index (κ3) is 4.79. The van der Waals surface area contributed by atoms with Gasteiger partial charge in [0.1, 0.15) is 5.82 Å². The van der Waals surface area contributed by atoms with Crippen LogP contribution in [-0.4, -0.2) is 23.0 Å². The van der Waals surface area contributed by atoms with Crippen LogP contribution in [0.1, 0.15) is 43.4 Å². The monoisotopic (exact) mass is 477 g/mol. The van der Waals surface area contributed by atoms with Gasteiger partial charge >= 0.3 is 0 Å². The maximum Gasteiger partial charge on any atom is 0.238 e. The molecule has 1 aliphatic rings. The summed E-state index contributed by atoms with van der Waals surface area (Å²) in [4.78, 5) is 4.93. The first-order valence-corrected chi connectivity index (χ1v) is 12.1. The van der Waals surface area contributed by atoms with Crippen LogP contribution in [0.15, 0.2) is 45.9 Å². The van der Waals surface area contributed by atoms with Crippen molar-refractivity contribution < 1.29 is 8.42 Å². The van der Waals surface area contributed by atoms with Crippen LogP contribution < -0.4 is 10.5 Å². The molecule has 1 aromatic carbocycles. The minimum absolute atomic E-state index is 0.110. The molecule has 1 fully saturated rings. The van der Waals surface area contributed by atoms with Gasteiger partial charge in [-0.25, -0.2) is 18.5 Å². The second-order valence-corrected chi connectivity index (χ2v) is 10.0. The summed E-state index contributed by atoms with van der Waals surface area (Å²) < 4.78 is 25.5. The Morgan fingerprint density at radius 2 is 1.90 bits per heavy atom. The smallest absolute Gasteiger partial charge is 0.238 e. The highest BCUT2D eigenvalue weighted by Gasteiger charge is 2.17. The lowest BCUT2D eigenvalue weighted by Crippen LogP contribution is -2.13. The number of hydrogen-bond acceptors (Lipinski definition) is 5. The summed E-state index contributed by atoms with van der Waals surface area (Å²) in [6, 6.07) is 8.63. The molecule has 0 amide bonds. The van der Waals surface area contributed by atoms with E-state index in [1.807, 2.05) is 0 Å². The zero-order chi connectivity index (χ0) is 20.4. The summed E-state index contributed by atoms with van der Waals surface area (Å²) in [6.07, 6.45) is 9.23. The SMILES string of the molecule is NS(=O)(=O)c1ccc(CNc2cc(CC3CCCCC3)nc3c(Br)cnn23)cc1. The zero-order valence-electron chi connectivity index (χ0n) is 16.0. The van der Waals surface area contributed by atoms with Gasteiger partial charge in [0.2, 0.25) is 10.0 Å². The molecule has 0 saturated heterocycles. The summed E-state index contributed by atoms with van der Waals surface area (Å²) in [6.45, 7) is 0.532. The van der Waals surface area contributed by atoms with Crippen LogP contribution in [-0.2, 0) is 23.0 Å². The van der Waals surface area contributed by atoms with Gasteiger partial charge in [-0.05, 0) is 46.0 Å². The number of nitrogens with one attached hydrogen (secondary N) is 1. The molecule has 9 heteroatoms. The van der Waals surface area contributed by atoms with E-state index in [0.29, 0.717) is 12.5 Å². The van der Waals surface area contributed by atoms with Crippen molar-refractivity contribution in [2.45, 2.75) is 50.0 Å². The Labute approximate surface area is 178 Å². The van der Waals surface area contributed by atoms with Crippen LogP contribution in [0.2, 0.25) is 0 Å². The fraction of sp³-hybridized carbons (Fsp3) is 0.400. The van der Waals surface area contributed by atoms with Crippen molar-refractivity contribution in [2.75, 3.05) is 5.32 Å². The Kier molecular flexibility index (Phi) is 5.89. The molecule has 0 aliphatic heterocycles. The molecule has 154 valence electrons. The predicted octanol–water partition coefficient (Wildman–Crippen LogP) is 3.87. The molecule has 0 atom stereocenters. The zero-order valence-corrected chi connectivity index (χ0v) is 18.4. The van der Waals surface area contributed by atoms with Crippen LogP contribution in [0.25, 0.3) is 5.65 Å². The predicted molar refractivity (Wildman–Crippen MR) is 116 cm³/mol. The number of hydrogen-bond donors (Lipinski definition) is 2. The molecule has 0 unspecified atom stereocenters. The Hall–Kier alpha value is -1.97. The van der Waals surface area contributed by atoms with E-state index in [2.05, 4.69) is 32.4 Å². The number of benzene rings is 1. The van der Waals surface area contributed by atoms with E-state index in [1.165, 1.54) is 44.2 Å². The Morgan fingerprint density at radius 3 is 2.59 bits per heavy atom. The van der Waals surface area contributed by atoms with Crippen LogP contribution in [0.3, 0.4) is 0 Å². The fourth-order valence-electron chi connectivity index (χ4n) is 3.89. The molecule has 1 aliphatic carbocycles. The summed E-state index contributed by atoms with van der Waals surface area (Å²) >= 11 is 3.54. The number of primary sulfonamides is 1. The second-order valence-electron chi connectivity index (χ2n) is 7.61. The van der Waals surface area contributed by atoms with Gasteiger partial charge in [0.05, 0.1) is 15.6 Å². The molecule has 4 rings (SSSR count). The number of sulfonamides is 1. The van der Waals surface area contributed by atoms with Gasteiger partial charge in [-0.1, -0.05) is 44.2 Å². The second kappa shape index (κ2) is 8.41. The van der Waals surface area contributed by atoms with E-state index >= 15 is 0 Å². The highest BCUT2D eigenvalue weighted by molar-refractivity contribution is 9.10. The molecule has 2 heterocycles. The first-order chi connectivity index (χ1) is 13.9. The van der Waals surface area contributed by atoms with Gasteiger partial charge in [-0.2, -0.15) is 9.61 Å². The van der Waals surface area contributed by atoms with Crippen molar-refractivity contribution in [3.63, 3.8) is 0 Å². The molecular formula is C20H24BrN5O2S. The van der Waals surface area contributed by atoms with Crippen molar-refractivity contribution in [3.8, 4) is 0 Å². The molecule has 7 nitrogen and oxygen atoms in total. The first kappa shape index (κ1) is 20.3. The molecule has 1 saturated carbocycles. The van der Waals surface area contributed by atoms with E-state index in [9.17, 15) is 8.42 Å². The number of fused-ring (bicyclic) bond motifs is 1. The molecule has 0 spiro atoms. The van der Waals surface area contributed by atoms with E-state index < -0.39 is 10.0 Å². The van der Waals surface area contributed by atoms with Gasteiger partial charge in [0.15, 0.2) is 5.65 Å². The van der Waals surface area contributed by atoms with E-state index in [0.717, 1.165) is 33.6 Å². The van der Waals surface area contributed by atoms with E-state index in [4.69, 9.17) is 10.1 Å². The van der Waals surface area contributed by atoms with Gasteiger partial charge < -0.3 is 5.32 Å². The topological polar surface area (TPSA) is 102 Å². The minimum Gasteiger partial charge on any atom is -0.366 e. The molecule has 0 bridgehead atoms. The van der Waals surface area contributed by atoms with Gasteiger partial charge in [0, 0.05) is 18.3 Å². The lowest BCUT2D eigenvalue weighted by molar-refractivity contribution is 0.354. The number of nitrogens with zero attached hydrogens (tertiary/aromatic N) is 3. The molecular weight excluding hydrogens is 454 g/mol. The summed E-state index contributed by atoms with van der Waals surface area (Å²) in [5.41, 5.74) is 2.81. The summed E-state index contributed by atoms with van der Waals surface area (Å²) in [5.74, 6) is 1.56. The number of halogens is 1. The van der Waals surface area contributed by atoms with Crippen molar-refractivity contribution >= 4 is 37.4 Å². The van der Waals surface area contributed by atoms with Crippen LogP contribution >= 0.6 is 15.9 Å². The highest BCUT2D eigenvalue weighted by Crippen LogP contribution is 2.28. The molecule has 29 heavy (non-hydrogen) atoms. The lowest BCUT2D eigenvalue weighted by atomic mass is 9.86. The first-order valence-electron chi connectivity index (χ1n) is 9.79. The van der Waals surface area contributed by atoms with Gasteiger partial charge in [-0.3, -0.25) is 0 Å². The van der Waals surface area contributed by atoms with E-state index in [1.54, 1.807) is 22.8 Å². The molecule has 0 radical (unpaired) electrons. The standard InChI is InChI=1S/C20H24BrN5O2S/c21-18-13-24-26-19(23-12-15-6-8-17(9-7-15)29(22,27)28)11-16(25-20(18)26)10-14-4-2-1-3-5-14/h6-9,11,13-14,23H,1-5,10,12H2,(H2,22,27,28). The third-order valence-corrected chi connectivity index (χ3v) is 6.92. The Bertz CT molecular complexity index is 1110. The maximum atomic E-state index is 11.4.